The number of carboxylic acid groups (broad SMARTS) is 1. The molecule has 116 valence electrons. The lowest BCUT2D eigenvalue weighted by atomic mass is 10.1. The molecule has 0 saturated carbocycles. The second-order valence-electron chi connectivity index (χ2n) is 5.17. The molecule has 0 amide bonds. The van der Waals surface area contributed by atoms with E-state index in [0.717, 1.165) is 11.1 Å². The van der Waals surface area contributed by atoms with Crippen LogP contribution >= 0.6 is 23.2 Å². The van der Waals surface area contributed by atoms with Crippen LogP contribution in [0.1, 0.15) is 16.7 Å². The summed E-state index contributed by atoms with van der Waals surface area (Å²) in [5, 5.41) is 10.3. The molecule has 0 saturated heterocycles. The Morgan fingerprint density at radius 1 is 1.09 bits per heavy atom. The molecule has 2 aromatic rings. The molecular weight excluding hydrogens is 323 g/mol. The highest BCUT2D eigenvalue weighted by atomic mass is 35.5. The maximum absolute atomic E-state index is 11.4. The van der Waals surface area contributed by atoms with E-state index in [1.165, 1.54) is 0 Å². The molecule has 22 heavy (non-hydrogen) atoms. The third-order valence-electron chi connectivity index (χ3n) is 3.38. The van der Waals surface area contributed by atoms with E-state index in [1.807, 2.05) is 26.0 Å². The van der Waals surface area contributed by atoms with Gasteiger partial charge in [0, 0.05) is 16.5 Å². The van der Waals surface area contributed by atoms with Gasteiger partial charge in [0.25, 0.3) is 0 Å². The van der Waals surface area contributed by atoms with Crippen molar-refractivity contribution in [2.75, 3.05) is 0 Å². The van der Waals surface area contributed by atoms with Gasteiger partial charge in [-0.3, -0.25) is 0 Å². The number of carbonyl (C=O) groups is 1. The summed E-state index contributed by atoms with van der Waals surface area (Å²) < 4.78 is 5.61. The standard InChI is InChI=1S/C17H16Cl2O3/c1-10-3-4-15(5-11(10)2)22-16(17(20)21)8-12-6-13(18)9-14(19)7-12/h3-7,9,16H,8H2,1-2H3,(H,20,21)/t16-/m1/s1. The summed E-state index contributed by atoms with van der Waals surface area (Å²) in [6, 6.07) is 10.5. The predicted octanol–water partition coefficient (Wildman–Crippen LogP) is 4.68. The molecule has 5 heteroatoms. The zero-order valence-corrected chi connectivity index (χ0v) is 13.8. The number of halogens is 2. The Kier molecular flexibility index (Phi) is 5.33. The van der Waals surface area contributed by atoms with E-state index in [1.54, 1.807) is 24.3 Å². The molecule has 2 rings (SSSR count). The number of benzene rings is 2. The largest absolute Gasteiger partial charge is 0.478 e. The molecular formula is C17H16Cl2O3. The summed E-state index contributed by atoms with van der Waals surface area (Å²) in [5.74, 6) is -0.502. The molecule has 1 atom stereocenters. The predicted molar refractivity (Wildman–Crippen MR) is 88.1 cm³/mol. The first kappa shape index (κ1) is 16.7. The molecule has 0 fully saturated rings. The monoisotopic (exact) mass is 338 g/mol. The quantitative estimate of drug-likeness (QED) is 0.860. The van der Waals surface area contributed by atoms with Crippen LogP contribution in [0.5, 0.6) is 5.75 Å². The Balaban J connectivity index is 2.19. The van der Waals surface area contributed by atoms with Crippen molar-refractivity contribution in [3.05, 3.63) is 63.1 Å². The molecule has 0 aliphatic heterocycles. The van der Waals surface area contributed by atoms with Crippen LogP contribution in [0.4, 0.5) is 0 Å². The van der Waals surface area contributed by atoms with Gasteiger partial charge >= 0.3 is 5.97 Å². The van der Waals surface area contributed by atoms with Crippen LogP contribution in [0, 0.1) is 13.8 Å². The summed E-state index contributed by atoms with van der Waals surface area (Å²) in [4.78, 5) is 11.4. The first-order valence-corrected chi connectivity index (χ1v) is 7.52. The fraction of sp³-hybridized carbons (Fsp3) is 0.235. The molecule has 0 spiro atoms. The van der Waals surface area contributed by atoms with E-state index >= 15 is 0 Å². The van der Waals surface area contributed by atoms with E-state index in [-0.39, 0.29) is 6.42 Å². The zero-order valence-electron chi connectivity index (χ0n) is 12.3. The fourth-order valence-corrected chi connectivity index (χ4v) is 2.64. The normalized spacial score (nSPS) is 12.0. The molecule has 0 heterocycles. The molecule has 0 radical (unpaired) electrons. The summed E-state index contributed by atoms with van der Waals surface area (Å²) in [6.45, 7) is 3.94. The molecule has 0 unspecified atom stereocenters. The van der Waals surface area contributed by atoms with Gasteiger partial charge in [0.15, 0.2) is 6.10 Å². The Bertz CT molecular complexity index is 678. The molecule has 1 N–H and O–H groups in total. The van der Waals surface area contributed by atoms with Crippen molar-refractivity contribution >= 4 is 29.2 Å². The Morgan fingerprint density at radius 2 is 1.73 bits per heavy atom. The minimum atomic E-state index is -1.03. The molecule has 0 aliphatic carbocycles. The van der Waals surface area contributed by atoms with E-state index in [9.17, 15) is 9.90 Å². The lowest BCUT2D eigenvalue weighted by molar-refractivity contribution is -0.145. The van der Waals surface area contributed by atoms with Crippen LogP contribution in [0.2, 0.25) is 10.0 Å². The van der Waals surface area contributed by atoms with E-state index in [4.69, 9.17) is 27.9 Å². The Morgan fingerprint density at radius 3 is 2.27 bits per heavy atom. The molecule has 0 aliphatic rings. The molecule has 0 bridgehead atoms. The Hall–Kier alpha value is -1.71. The van der Waals surface area contributed by atoms with Crippen molar-refractivity contribution in [2.24, 2.45) is 0 Å². The minimum Gasteiger partial charge on any atom is -0.478 e. The van der Waals surface area contributed by atoms with Crippen molar-refractivity contribution in [2.45, 2.75) is 26.4 Å². The number of ether oxygens (including phenoxy) is 1. The second-order valence-corrected chi connectivity index (χ2v) is 6.05. The van der Waals surface area contributed by atoms with Gasteiger partial charge in [0.05, 0.1) is 0 Å². The number of aryl methyl sites for hydroxylation is 2. The van der Waals surface area contributed by atoms with Crippen LogP contribution < -0.4 is 4.74 Å². The number of rotatable bonds is 5. The van der Waals surface area contributed by atoms with Crippen molar-refractivity contribution in [3.8, 4) is 5.75 Å². The zero-order chi connectivity index (χ0) is 16.3. The third-order valence-corrected chi connectivity index (χ3v) is 3.81. The minimum absolute atomic E-state index is 0.183. The maximum atomic E-state index is 11.4. The SMILES string of the molecule is Cc1ccc(O[C@H](Cc2cc(Cl)cc(Cl)c2)C(=O)O)cc1C. The Labute approximate surface area is 139 Å². The second kappa shape index (κ2) is 7.03. The van der Waals surface area contributed by atoms with Gasteiger partial charge in [-0.05, 0) is 60.9 Å². The lowest BCUT2D eigenvalue weighted by Gasteiger charge is -2.16. The number of carboxylic acids is 1. The summed E-state index contributed by atoms with van der Waals surface area (Å²) >= 11 is 11.9. The average Bonchev–Trinajstić information content (AvgIpc) is 2.41. The number of hydrogen-bond acceptors (Lipinski definition) is 2. The van der Waals surface area contributed by atoms with Gasteiger partial charge in [-0.1, -0.05) is 29.3 Å². The van der Waals surface area contributed by atoms with Gasteiger partial charge in [0.2, 0.25) is 0 Å². The van der Waals surface area contributed by atoms with Gasteiger partial charge in [-0.2, -0.15) is 0 Å². The van der Waals surface area contributed by atoms with Crippen LogP contribution in [0.3, 0.4) is 0 Å². The third kappa shape index (κ3) is 4.39. The van der Waals surface area contributed by atoms with Crippen LogP contribution in [0.15, 0.2) is 36.4 Å². The highest BCUT2D eigenvalue weighted by molar-refractivity contribution is 6.34. The first-order chi connectivity index (χ1) is 10.3. The maximum Gasteiger partial charge on any atom is 0.345 e. The van der Waals surface area contributed by atoms with Crippen molar-refractivity contribution in [3.63, 3.8) is 0 Å². The van der Waals surface area contributed by atoms with E-state index < -0.39 is 12.1 Å². The highest BCUT2D eigenvalue weighted by Gasteiger charge is 2.20. The number of aliphatic carboxylic acids is 1. The molecule has 3 nitrogen and oxygen atoms in total. The van der Waals surface area contributed by atoms with E-state index in [2.05, 4.69) is 0 Å². The van der Waals surface area contributed by atoms with Crippen LogP contribution in [-0.4, -0.2) is 17.2 Å². The average molecular weight is 339 g/mol. The number of hydrogen-bond donors (Lipinski definition) is 1. The highest BCUT2D eigenvalue weighted by Crippen LogP contribution is 2.22. The summed E-state index contributed by atoms with van der Waals surface area (Å²) in [7, 11) is 0. The van der Waals surface area contributed by atoms with E-state index in [0.29, 0.717) is 21.4 Å². The summed E-state index contributed by atoms with van der Waals surface area (Å²) in [5.41, 5.74) is 2.89. The topological polar surface area (TPSA) is 46.5 Å². The van der Waals surface area contributed by atoms with Gasteiger partial charge in [-0.15, -0.1) is 0 Å². The van der Waals surface area contributed by atoms with Crippen LogP contribution in [0.25, 0.3) is 0 Å². The van der Waals surface area contributed by atoms with Crippen molar-refractivity contribution < 1.29 is 14.6 Å². The molecule has 0 aromatic heterocycles. The van der Waals surface area contributed by atoms with Crippen LogP contribution in [-0.2, 0) is 11.2 Å². The lowest BCUT2D eigenvalue weighted by Crippen LogP contribution is -2.29. The van der Waals surface area contributed by atoms with Gasteiger partial charge in [-0.25, -0.2) is 4.79 Å². The fourth-order valence-electron chi connectivity index (χ4n) is 2.07. The summed E-state index contributed by atoms with van der Waals surface area (Å²) in [6.07, 6.45) is -0.820. The molecule has 2 aromatic carbocycles. The van der Waals surface area contributed by atoms with Crippen molar-refractivity contribution in [1.82, 2.24) is 0 Å². The smallest absolute Gasteiger partial charge is 0.345 e. The van der Waals surface area contributed by atoms with Gasteiger partial charge < -0.3 is 9.84 Å². The first-order valence-electron chi connectivity index (χ1n) is 6.77. The van der Waals surface area contributed by atoms with Gasteiger partial charge in [0.1, 0.15) is 5.75 Å². The van der Waals surface area contributed by atoms with Crippen molar-refractivity contribution in [1.29, 1.82) is 0 Å².